The molecule has 1 aromatic carbocycles. The maximum absolute atomic E-state index is 11.2. The van der Waals surface area contributed by atoms with Crippen molar-refractivity contribution in [3.63, 3.8) is 0 Å². The SMILES string of the molecule is CCNC(CCCS(C)(=O)=O)C1Cc2ccccc2S1. The Morgan fingerprint density at radius 2 is 2.15 bits per heavy atom. The third-order valence-electron chi connectivity index (χ3n) is 3.62. The number of fused-ring (bicyclic) bond motifs is 1. The summed E-state index contributed by atoms with van der Waals surface area (Å²) in [5, 5.41) is 4.05. The Morgan fingerprint density at radius 1 is 1.40 bits per heavy atom. The first-order valence-corrected chi connectivity index (χ1v) is 10.1. The number of benzene rings is 1. The summed E-state index contributed by atoms with van der Waals surface area (Å²) in [6.45, 7) is 3.03. The predicted molar refractivity (Wildman–Crippen MR) is 86.2 cm³/mol. The van der Waals surface area contributed by atoms with E-state index in [9.17, 15) is 8.42 Å². The van der Waals surface area contributed by atoms with Crippen molar-refractivity contribution < 1.29 is 8.42 Å². The summed E-state index contributed by atoms with van der Waals surface area (Å²) in [6, 6.07) is 8.94. The average molecular weight is 313 g/mol. The van der Waals surface area contributed by atoms with E-state index in [2.05, 4.69) is 36.5 Å². The van der Waals surface area contributed by atoms with Gasteiger partial charge in [-0.2, -0.15) is 0 Å². The van der Waals surface area contributed by atoms with Gasteiger partial charge in [-0.05, 0) is 37.4 Å². The van der Waals surface area contributed by atoms with E-state index in [1.165, 1.54) is 16.7 Å². The van der Waals surface area contributed by atoms with Crippen molar-refractivity contribution in [2.75, 3.05) is 18.6 Å². The van der Waals surface area contributed by atoms with E-state index >= 15 is 0 Å². The fraction of sp³-hybridized carbons (Fsp3) is 0.600. The molecule has 2 rings (SSSR count). The largest absolute Gasteiger partial charge is 0.313 e. The number of rotatable bonds is 7. The fourth-order valence-corrected chi connectivity index (χ4v) is 4.82. The zero-order chi connectivity index (χ0) is 14.6. The highest BCUT2D eigenvalue weighted by molar-refractivity contribution is 8.00. The number of nitrogens with one attached hydrogen (secondary N) is 1. The molecule has 1 heterocycles. The predicted octanol–water partition coefficient (Wildman–Crippen LogP) is 2.51. The van der Waals surface area contributed by atoms with Crippen molar-refractivity contribution in [1.29, 1.82) is 0 Å². The van der Waals surface area contributed by atoms with Gasteiger partial charge in [0.25, 0.3) is 0 Å². The highest BCUT2D eigenvalue weighted by atomic mass is 32.2. The molecule has 112 valence electrons. The first kappa shape index (κ1) is 15.9. The van der Waals surface area contributed by atoms with Crippen LogP contribution in [0.25, 0.3) is 0 Å². The first-order chi connectivity index (χ1) is 9.49. The molecule has 1 aromatic rings. The standard InChI is InChI=1S/C15H23NO2S2/c1-3-16-13(8-6-10-20(2,17)18)15-11-12-7-4-5-9-14(12)19-15/h4-5,7,9,13,15-16H,3,6,8,10-11H2,1-2H3. The summed E-state index contributed by atoms with van der Waals surface area (Å²) in [7, 11) is -2.85. The van der Waals surface area contributed by atoms with Gasteiger partial charge in [-0.3, -0.25) is 0 Å². The van der Waals surface area contributed by atoms with Gasteiger partial charge in [0, 0.05) is 28.2 Å². The van der Waals surface area contributed by atoms with Crippen LogP contribution in [0, 0.1) is 0 Å². The number of sulfone groups is 1. The fourth-order valence-electron chi connectivity index (χ4n) is 2.68. The average Bonchev–Trinajstić information content (AvgIpc) is 2.80. The van der Waals surface area contributed by atoms with Gasteiger partial charge in [0.2, 0.25) is 0 Å². The zero-order valence-corrected chi connectivity index (χ0v) is 13.8. The van der Waals surface area contributed by atoms with Crippen LogP contribution in [0.2, 0.25) is 0 Å². The van der Waals surface area contributed by atoms with Gasteiger partial charge in [-0.1, -0.05) is 25.1 Å². The molecule has 0 saturated carbocycles. The lowest BCUT2D eigenvalue weighted by atomic mass is 10.0. The van der Waals surface area contributed by atoms with Crippen LogP contribution < -0.4 is 5.32 Å². The first-order valence-electron chi connectivity index (χ1n) is 7.15. The Morgan fingerprint density at radius 3 is 2.80 bits per heavy atom. The third kappa shape index (κ3) is 4.50. The summed E-state index contributed by atoms with van der Waals surface area (Å²) in [5.41, 5.74) is 1.42. The number of thioether (sulfide) groups is 1. The Kier molecular flexibility index (Phi) is 5.52. The minimum absolute atomic E-state index is 0.291. The smallest absolute Gasteiger partial charge is 0.147 e. The molecule has 0 bridgehead atoms. The minimum atomic E-state index is -2.85. The lowest BCUT2D eigenvalue weighted by Crippen LogP contribution is -2.38. The third-order valence-corrected chi connectivity index (χ3v) is 6.10. The molecule has 0 aliphatic carbocycles. The van der Waals surface area contributed by atoms with E-state index in [0.717, 1.165) is 25.8 Å². The molecule has 0 saturated heterocycles. The van der Waals surface area contributed by atoms with Crippen LogP contribution in [-0.4, -0.2) is 38.3 Å². The second kappa shape index (κ2) is 6.96. The molecule has 0 amide bonds. The Bertz CT molecular complexity index is 518. The normalized spacial score (nSPS) is 19.8. The quantitative estimate of drug-likeness (QED) is 0.840. The molecular weight excluding hydrogens is 290 g/mol. The molecule has 2 unspecified atom stereocenters. The summed E-state index contributed by atoms with van der Waals surface area (Å²) in [4.78, 5) is 1.38. The van der Waals surface area contributed by atoms with Crippen molar-refractivity contribution in [1.82, 2.24) is 5.32 Å². The van der Waals surface area contributed by atoms with Gasteiger partial charge in [0.1, 0.15) is 9.84 Å². The van der Waals surface area contributed by atoms with Crippen molar-refractivity contribution in [2.45, 2.75) is 42.4 Å². The number of hydrogen-bond acceptors (Lipinski definition) is 4. The molecule has 2 atom stereocenters. The Hall–Kier alpha value is -0.520. The van der Waals surface area contributed by atoms with Crippen LogP contribution in [0.5, 0.6) is 0 Å². The topological polar surface area (TPSA) is 46.2 Å². The van der Waals surface area contributed by atoms with E-state index in [0.29, 0.717) is 17.0 Å². The molecule has 20 heavy (non-hydrogen) atoms. The van der Waals surface area contributed by atoms with Crippen LogP contribution >= 0.6 is 11.8 Å². The maximum Gasteiger partial charge on any atom is 0.147 e. The van der Waals surface area contributed by atoms with E-state index < -0.39 is 9.84 Å². The van der Waals surface area contributed by atoms with Crippen molar-refractivity contribution in [3.05, 3.63) is 29.8 Å². The summed E-state index contributed by atoms with van der Waals surface area (Å²) >= 11 is 1.93. The van der Waals surface area contributed by atoms with Gasteiger partial charge in [-0.15, -0.1) is 11.8 Å². The van der Waals surface area contributed by atoms with Crippen molar-refractivity contribution in [2.24, 2.45) is 0 Å². The lowest BCUT2D eigenvalue weighted by molar-refractivity contribution is 0.472. The lowest BCUT2D eigenvalue weighted by Gasteiger charge is -2.23. The van der Waals surface area contributed by atoms with Gasteiger partial charge < -0.3 is 5.32 Å². The van der Waals surface area contributed by atoms with E-state index in [1.54, 1.807) is 0 Å². The molecule has 5 heteroatoms. The summed E-state index contributed by atoms with van der Waals surface area (Å²) in [5.74, 6) is 0.291. The monoisotopic (exact) mass is 313 g/mol. The molecule has 1 aliphatic rings. The summed E-state index contributed by atoms with van der Waals surface area (Å²) in [6.07, 6.45) is 4.06. The molecule has 0 aromatic heterocycles. The zero-order valence-electron chi connectivity index (χ0n) is 12.1. The molecular formula is C15H23NO2S2. The van der Waals surface area contributed by atoms with Crippen molar-refractivity contribution >= 4 is 21.6 Å². The summed E-state index contributed by atoms with van der Waals surface area (Å²) < 4.78 is 22.5. The number of hydrogen-bond donors (Lipinski definition) is 1. The highest BCUT2D eigenvalue weighted by Gasteiger charge is 2.28. The van der Waals surface area contributed by atoms with E-state index in [1.807, 2.05) is 11.8 Å². The molecule has 0 radical (unpaired) electrons. The second-order valence-electron chi connectivity index (χ2n) is 5.40. The van der Waals surface area contributed by atoms with Crippen molar-refractivity contribution in [3.8, 4) is 0 Å². The van der Waals surface area contributed by atoms with Gasteiger partial charge in [-0.25, -0.2) is 8.42 Å². The van der Waals surface area contributed by atoms with Gasteiger partial charge in [0.15, 0.2) is 0 Å². The highest BCUT2D eigenvalue weighted by Crippen LogP contribution is 2.39. The van der Waals surface area contributed by atoms with Gasteiger partial charge >= 0.3 is 0 Å². The van der Waals surface area contributed by atoms with Crippen LogP contribution in [-0.2, 0) is 16.3 Å². The Balaban J connectivity index is 1.93. The molecule has 1 aliphatic heterocycles. The van der Waals surface area contributed by atoms with Gasteiger partial charge in [0.05, 0.1) is 0 Å². The van der Waals surface area contributed by atoms with Crippen LogP contribution in [0.15, 0.2) is 29.2 Å². The van der Waals surface area contributed by atoms with Crippen LogP contribution in [0.3, 0.4) is 0 Å². The minimum Gasteiger partial charge on any atom is -0.313 e. The second-order valence-corrected chi connectivity index (χ2v) is 8.95. The van der Waals surface area contributed by atoms with E-state index in [4.69, 9.17) is 0 Å². The Labute approximate surface area is 126 Å². The molecule has 1 N–H and O–H groups in total. The van der Waals surface area contributed by atoms with Crippen LogP contribution in [0.4, 0.5) is 0 Å². The van der Waals surface area contributed by atoms with E-state index in [-0.39, 0.29) is 0 Å². The van der Waals surface area contributed by atoms with Crippen LogP contribution in [0.1, 0.15) is 25.3 Å². The molecule has 3 nitrogen and oxygen atoms in total. The maximum atomic E-state index is 11.2. The molecule has 0 fully saturated rings. The molecule has 0 spiro atoms.